The molecule has 0 aliphatic carbocycles. The van der Waals surface area contributed by atoms with Crippen LogP contribution in [0.15, 0.2) is 47.4 Å². The van der Waals surface area contributed by atoms with Crippen LogP contribution < -0.4 is 10.1 Å². The fraction of sp³-hybridized carbons (Fsp3) is 0.167. The van der Waals surface area contributed by atoms with Gasteiger partial charge in [-0.3, -0.25) is 4.79 Å². The van der Waals surface area contributed by atoms with E-state index in [4.69, 9.17) is 4.74 Å². The molecule has 2 rings (SSSR count). The molecule has 1 amide bonds. The average Bonchev–Trinajstić information content (AvgIpc) is 2.59. The zero-order chi connectivity index (χ0) is 18.1. The Morgan fingerprint density at radius 2 is 1.76 bits per heavy atom. The topological polar surface area (TPSA) is 38.3 Å². The molecular weight excluding hydrogens is 351 g/mol. The fourth-order valence-corrected chi connectivity index (χ4v) is 2.42. The highest BCUT2D eigenvalue weighted by Crippen LogP contribution is 2.18. The van der Waals surface area contributed by atoms with Gasteiger partial charge in [0.25, 0.3) is 0 Å². The highest BCUT2D eigenvalue weighted by atomic mass is 32.2. The Morgan fingerprint density at radius 3 is 2.48 bits per heavy atom. The van der Waals surface area contributed by atoms with Gasteiger partial charge in [0.15, 0.2) is 11.6 Å². The molecule has 0 aliphatic rings. The molecule has 0 atom stereocenters. The van der Waals surface area contributed by atoms with Gasteiger partial charge < -0.3 is 10.1 Å². The lowest BCUT2D eigenvalue weighted by Crippen LogP contribution is -2.25. The summed E-state index contributed by atoms with van der Waals surface area (Å²) in [4.78, 5) is 12.4. The van der Waals surface area contributed by atoms with Crippen LogP contribution in [0.5, 0.6) is 5.75 Å². The molecule has 2 aromatic carbocycles. The number of carbonyl (C=O) groups excluding carboxylic acids is 1. The van der Waals surface area contributed by atoms with Crippen LogP contribution in [0.1, 0.15) is 0 Å². The maximum Gasteiger partial charge on any atom is 0.231 e. The molecule has 0 unspecified atom stereocenters. The maximum atomic E-state index is 13.3. The lowest BCUT2D eigenvalue weighted by atomic mass is 10.3. The standard InChI is InChI=1S/C18H14F3NO2S/c19-13-3-6-15(7-4-13)25-12-18(23)22-9-1-2-10-24-17-8-5-14(20)11-16(17)21/h3-8,11H,9-10,12H2,(H,22,23). The number of halogens is 3. The Labute approximate surface area is 147 Å². The van der Waals surface area contributed by atoms with Gasteiger partial charge >= 0.3 is 0 Å². The molecule has 0 spiro atoms. The lowest BCUT2D eigenvalue weighted by Gasteiger charge is -2.03. The van der Waals surface area contributed by atoms with E-state index in [1.807, 2.05) is 0 Å². The third-order valence-electron chi connectivity index (χ3n) is 2.88. The van der Waals surface area contributed by atoms with E-state index in [9.17, 15) is 18.0 Å². The minimum absolute atomic E-state index is 0.0806. The molecule has 7 heteroatoms. The molecule has 0 bridgehead atoms. The van der Waals surface area contributed by atoms with Crippen molar-refractivity contribution >= 4 is 17.7 Å². The second kappa shape index (κ2) is 9.64. The Morgan fingerprint density at radius 1 is 1.04 bits per heavy atom. The zero-order valence-corrected chi connectivity index (χ0v) is 13.8. The van der Waals surface area contributed by atoms with Crippen molar-refractivity contribution in [1.82, 2.24) is 5.32 Å². The average molecular weight is 365 g/mol. The smallest absolute Gasteiger partial charge is 0.231 e. The van der Waals surface area contributed by atoms with Crippen LogP contribution in [0, 0.1) is 29.3 Å². The third kappa shape index (κ3) is 6.81. The minimum atomic E-state index is -0.798. The minimum Gasteiger partial charge on any atom is -0.478 e. The van der Waals surface area contributed by atoms with E-state index in [-0.39, 0.29) is 36.4 Å². The second-order valence-electron chi connectivity index (χ2n) is 4.74. The van der Waals surface area contributed by atoms with E-state index in [1.165, 1.54) is 30.0 Å². The van der Waals surface area contributed by atoms with Crippen molar-refractivity contribution in [1.29, 1.82) is 0 Å². The molecule has 0 aliphatic heterocycles. The van der Waals surface area contributed by atoms with Crippen molar-refractivity contribution in [2.75, 3.05) is 18.9 Å². The van der Waals surface area contributed by atoms with E-state index >= 15 is 0 Å². The molecule has 0 fully saturated rings. The van der Waals surface area contributed by atoms with Crippen LogP contribution in [-0.2, 0) is 4.79 Å². The number of carbonyl (C=O) groups is 1. The first kappa shape index (κ1) is 18.7. The van der Waals surface area contributed by atoms with Gasteiger partial charge in [0.2, 0.25) is 5.91 Å². The summed E-state index contributed by atoms with van der Waals surface area (Å²) in [5.41, 5.74) is 0. The van der Waals surface area contributed by atoms with Crippen molar-refractivity contribution in [3.05, 3.63) is 59.9 Å². The van der Waals surface area contributed by atoms with Gasteiger partial charge in [-0.1, -0.05) is 11.8 Å². The quantitative estimate of drug-likeness (QED) is 0.630. The first-order valence-corrected chi connectivity index (χ1v) is 8.22. The SMILES string of the molecule is O=C(CSc1ccc(F)cc1)NCC#CCOc1ccc(F)cc1F. The molecule has 0 saturated heterocycles. The van der Waals surface area contributed by atoms with Gasteiger partial charge in [-0.2, -0.15) is 0 Å². The summed E-state index contributed by atoms with van der Waals surface area (Å²) < 4.78 is 43.8. The number of ether oxygens (including phenoxy) is 1. The molecule has 130 valence electrons. The molecule has 2 aromatic rings. The number of benzene rings is 2. The molecule has 0 radical (unpaired) electrons. The van der Waals surface area contributed by atoms with Crippen molar-refractivity contribution in [2.45, 2.75) is 4.90 Å². The molecule has 0 saturated carbocycles. The van der Waals surface area contributed by atoms with E-state index < -0.39 is 11.6 Å². The van der Waals surface area contributed by atoms with E-state index in [2.05, 4.69) is 17.2 Å². The van der Waals surface area contributed by atoms with Gasteiger partial charge in [-0.15, -0.1) is 11.8 Å². The van der Waals surface area contributed by atoms with Gasteiger partial charge in [-0.05, 0) is 36.4 Å². The fourth-order valence-electron chi connectivity index (χ4n) is 1.69. The highest BCUT2D eigenvalue weighted by molar-refractivity contribution is 8.00. The maximum absolute atomic E-state index is 13.3. The monoisotopic (exact) mass is 365 g/mol. The number of thioether (sulfide) groups is 1. The number of amides is 1. The second-order valence-corrected chi connectivity index (χ2v) is 5.79. The lowest BCUT2D eigenvalue weighted by molar-refractivity contribution is -0.118. The van der Waals surface area contributed by atoms with E-state index in [0.29, 0.717) is 0 Å². The Balaban J connectivity index is 1.64. The number of rotatable bonds is 6. The van der Waals surface area contributed by atoms with Crippen LogP contribution in [0.2, 0.25) is 0 Å². The van der Waals surface area contributed by atoms with Gasteiger partial charge in [0.05, 0.1) is 12.3 Å². The molecule has 1 N–H and O–H groups in total. The van der Waals surface area contributed by atoms with Crippen molar-refractivity contribution in [3.63, 3.8) is 0 Å². The Kier molecular flexibility index (Phi) is 7.23. The summed E-state index contributed by atoms with van der Waals surface area (Å²) in [6.07, 6.45) is 0. The summed E-state index contributed by atoms with van der Waals surface area (Å²) in [5.74, 6) is 3.35. The number of hydrogen-bond acceptors (Lipinski definition) is 3. The van der Waals surface area contributed by atoms with Crippen LogP contribution in [0.3, 0.4) is 0 Å². The van der Waals surface area contributed by atoms with Gasteiger partial charge in [0, 0.05) is 11.0 Å². The van der Waals surface area contributed by atoms with Crippen LogP contribution in [-0.4, -0.2) is 24.8 Å². The Bertz CT molecular complexity index is 785. The molecule has 0 aromatic heterocycles. The predicted octanol–water partition coefficient (Wildman–Crippen LogP) is 3.39. The predicted molar refractivity (Wildman–Crippen MR) is 89.8 cm³/mol. The third-order valence-corrected chi connectivity index (χ3v) is 3.89. The van der Waals surface area contributed by atoms with Crippen LogP contribution >= 0.6 is 11.8 Å². The molecule has 0 heterocycles. The van der Waals surface area contributed by atoms with Crippen molar-refractivity contribution in [3.8, 4) is 17.6 Å². The summed E-state index contributed by atoms with van der Waals surface area (Å²) in [7, 11) is 0. The normalized spacial score (nSPS) is 9.88. The van der Waals surface area contributed by atoms with Crippen LogP contribution in [0.25, 0.3) is 0 Å². The first-order chi connectivity index (χ1) is 12.0. The number of nitrogens with one attached hydrogen (secondary N) is 1. The summed E-state index contributed by atoms with van der Waals surface area (Å²) in [6.45, 7) is 0.0425. The summed E-state index contributed by atoms with van der Waals surface area (Å²) in [6, 6.07) is 8.84. The van der Waals surface area contributed by atoms with Crippen molar-refractivity contribution < 1.29 is 22.7 Å². The van der Waals surface area contributed by atoms with Gasteiger partial charge in [0.1, 0.15) is 18.2 Å². The Hall–Kier alpha value is -2.59. The van der Waals surface area contributed by atoms with Crippen molar-refractivity contribution in [2.24, 2.45) is 0 Å². The van der Waals surface area contributed by atoms with E-state index in [0.717, 1.165) is 17.0 Å². The number of hydrogen-bond donors (Lipinski definition) is 1. The summed E-state index contributed by atoms with van der Waals surface area (Å²) in [5, 5.41) is 2.60. The van der Waals surface area contributed by atoms with E-state index in [1.54, 1.807) is 12.1 Å². The zero-order valence-electron chi connectivity index (χ0n) is 13.0. The van der Waals surface area contributed by atoms with Crippen LogP contribution in [0.4, 0.5) is 13.2 Å². The summed E-state index contributed by atoms with van der Waals surface area (Å²) >= 11 is 1.28. The molecule has 3 nitrogen and oxygen atoms in total. The molecular formula is C18H14F3NO2S. The highest BCUT2D eigenvalue weighted by Gasteiger charge is 2.04. The van der Waals surface area contributed by atoms with Gasteiger partial charge in [-0.25, -0.2) is 13.2 Å². The molecule has 25 heavy (non-hydrogen) atoms. The largest absolute Gasteiger partial charge is 0.478 e. The first-order valence-electron chi connectivity index (χ1n) is 7.23.